The summed E-state index contributed by atoms with van der Waals surface area (Å²) in [6.45, 7) is 4.13. The van der Waals surface area contributed by atoms with Crippen LogP contribution in [0.2, 0.25) is 0 Å². The van der Waals surface area contributed by atoms with Gasteiger partial charge in [-0.3, -0.25) is 4.90 Å². The number of ether oxygens (including phenoxy) is 1. The van der Waals surface area contributed by atoms with Gasteiger partial charge in [-0.05, 0) is 64.8 Å². The summed E-state index contributed by atoms with van der Waals surface area (Å²) in [6.07, 6.45) is 12.4. The molecule has 2 saturated heterocycles. The summed E-state index contributed by atoms with van der Waals surface area (Å²) in [7, 11) is 0. The molecule has 3 nitrogen and oxygen atoms in total. The van der Waals surface area contributed by atoms with Gasteiger partial charge in [0, 0.05) is 18.7 Å². The van der Waals surface area contributed by atoms with E-state index in [1.165, 1.54) is 64.3 Å². The van der Waals surface area contributed by atoms with Crippen LogP contribution in [0.25, 0.3) is 0 Å². The molecule has 116 valence electrons. The average molecular weight is 281 g/mol. The van der Waals surface area contributed by atoms with E-state index in [2.05, 4.69) is 4.90 Å². The third kappa shape index (κ3) is 3.20. The predicted octanol–water partition coefficient (Wildman–Crippen LogP) is 3.10. The average Bonchev–Trinajstić information content (AvgIpc) is 2.62. The van der Waals surface area contributed by atoms with Gasteiger partial charge < -0.3 is 9.84 Å². The minimum absolute atomic E-state index is 0.168. The third-order valence-electron chi connectivity index (χ3n) is 5.74. The van der Waals surface area contributed by atoms with E-state index in [1.54, 1.807) is 0 Å². The molecule has 0 aromatic heterocycles. The maximum absolute atomic E-state index is 9.82. The van der Waals surface area contributed by atoms with E-state index in [-0.39, 0.29) is 11.7 Å². The summed E-state index contributed by atoms with van der Waals surface area (Å²) in [5, 5.41) is 9.82. The minimum atomic E-state index is -0.168. The van der Waals surface area contributed by atoms with Crippen molar-refractivity contribution < 1.29 is 9.84 Å². The van der Waals surface area contributed by atoms with Crippen molar-refractivity contribution in [3.8, 4) is 0 Å². The first kappa shape index (κ1) is 14.8. The number of nitrogens with zero attached hydrogens (tertiary/aromatic N) is 1. The van der Waals surface area contributed by atoms with Crippen LogP contribution in [0, 0.1) is 0 Å². The van der Waals surface area contributed by atoms with Crippen molar-refractivity contribution in [1.82, 2.24) is 4.90 Å². The molecule has 1 saturated carbocycles. The summed E-state index contributed by atoms with van der Waals surface area (Å²) < 4.78 is 6.09. The summed E-state index contributed by atoms with van der Waals surface area (Å²) in [4.78, 5) is 2.75. The quantitative estimate of drug-likeness (QED) is 0.863. The summed E-state index contributed by atoms with van der Waals surface area (Å²) in [6, 6.07) is 1.30. The molecule has 3 rings (SSSR count). The molecule has 0 aromatic rings. The molecular weight excluding hydrogens is 250 g/mol. The fraction of sp³-hybridized carbons (Fsp3) is 1.00. The SMILES string of the molecule is CC(O)CC1CCCCCN1C1CCOC2(CCC2)C1. The second-order valence-electron chi connectivity index (χ2n) is 7.36. The Labute approximate surface area is 123 Å². The van der Waals surface area contributed by atoms with Crippen molar-refractivity contribution >= 4 is 0 Å². The van der Waals surface area contributed by atoms with Crippen LogP contribution in [0.15, 0.2) is 0 Å². The van der Waals surface area contributed by atoms with E-state index in [0.717, 1.165) is 13.0 Å². The lowest BCUT2D eigenvalue weighted by Crippen LogP contribution is -2.54. The van der Waals surface area contributed by atoms with Gasteiger partial charge in [0.25, 0.3) is 0 Å². The van der Waals surface area contributed by atoms with Crippen molar-refractivity contribution in [1.29, 1.82) is 0 Å². The first-order valence-corrected chi connectivity index (χ1v) is 8.76. The first-order chi connectivity index (χ1) is 9.69. The van der Waals surface area contributed by atoms with Gasteiger partial charge in [0.1, 0.15) is 0 Å². The Hall–Kier alpha value is -0.120. The maximum Gasteiger partial charge on any atom is 0.0697 e. The van der Waals surface area contributed by atoms with Gasteiger partial charge in [0.15, 0.2) is 0 Å². The second-order valence-corrected chi connectivity index (χ2v) is 7.36. The van der Waals surface area contributed by atoms with Gasteiger partial charge in [-0.15, -0.1) is 0 Å². The zero-order valence-electron chi connectivity index (χ0n) is 13.0. The smallest absolute Gasteiger partial charge is 0.0697 e. The van der Waals surface area contributed by atoms with Crippen LogP contribution in [-0.2, 0) is 4.74 Å². The molecule has 0 aromatic carbocycles. The molecule has 0 bridgehead atoms. The summed E-state index contributed by atoms with van der Waals surface area (Å²) in [5.74, 6) is 0. The molecule has 3 fully saturated rings. The number of aliphatic hydroxyl groups is 1. The highest BCUT2D eigenvalue weighted by atomic mass is 16.5. The van der Waals surface area contributed by atoms with E-state index in [4.69, 9.17) is 4.74 Å². The lowest BCUT2D eigenvalue weighted by molar-refractivity contribution is -0.152. The highest BCUT2D eigenvalue weighted by Gasteiger charge is 2.44. The van der Waals surface area contributed by atoms with Crippen molar-refractivity contribution in [2.24, 2.45) is 0 Å². The molecule has 3 atom stereocenters. The number of aliphatic hydroxyl groups excluding tert-OH is 1. The predicted molar refractivity (Wildman–Crippen MR) is 80.8 cm³/mol. The van der Waals surface area contributed by atoms with Gasteiger partial charge in [0.05, 0.1) is 11.7 Å². The zero-order valence-corrected chi connectivity index (χ0v) is 13.0. The lowest BCUT2D eigenvalue weighted by atomic mass is 9.73. The minimum Gasteiger partial charge on any atom is -0.393 e. The van der Waals surface area contributed by atoms with Crippen molar-refractivity contribution in [3.63, 3.8) is 0 Å². The largest absolute Gasteiger partial charge is 0.393 e. The fourth-order valence-electron chi connectivity index (χ4n) is 4.53. The number of hydrogen-bond acceptors (Lipinski definition) is 3. The van der Waals surface area contributed by atoms with Crippen molar-refractivity contribution in [3.05, 3.63) is 0 Å². The molecule has 20 heavy (non-hydrogen) atoms. The van der Waals surface area contributed by atoms with Crippen LogP contribution in [0.5, 0.6) is 0 Å². The van der Waals surface area contributed by atoms with Crippen LogP contribution in [0.3, 0.4) is 0 Å². The number of rotatable bonds is 3. The highest BCUT2D eigenvalue weighted by Crippen LogP contribution is 2.44. The molecule has 1 N–H and O–H groups in total. The molecule has 0 radical (unpaired) electrons. The Kier molecular flexibility index (Phi) is 4.68. The van der Waals surface area contributed by atoms with E-state index >= 15 is 0 Å². The Morgan fingerprint density at radius 3 is 2.75 bits per heavy atom. The Morgan fingerprint density at radius 1 is 1.20 bits per heavy atom. The lowest BCUT2D eigenvalue weighted by Gasteiger charge is -2.51. The fourth-order valence-corrected chi connectivity index (χ4v) is 4.53. The van der Waals surface area contributed by atoms with Crippen LogP contribution >= 0.6 is 0 Å². The first-order valence-electron chi connectivity index (χ1n) is 8.76. The summed E-state index contributed by atoms with van der Waals surface area (Å²) in [5.41, 5.74) is 0.241. The number of likely N-dealkylation sites (tertiary alicyclic amines) is 1. The molecule has 0 amide bonds. The van der Waals surface area contributed by atoms with Crippen molar-refractivity contribution in [2.45, 2.75) is 94.9 Å². The monoisotopic (exact) mass is 281 g/mol. The van der Waals surface area contributed by atoms with Gasteiger partial charge in [-0.2, -0.15) is 0 Å². The number of hydrogen-bond donors (Lipinski definition) is 1. The summed E-state index contributed by atoms with van der Waals surface area (Å²) >= 11 is 0. The maximum atomic E-state index is 9.82. The van der Waals surface area contributed by atoms with Crippen LogP contribution in [0.4, 0.5) is 0 Å². The standard InChI is InChI=1S/C17H31NO2/c1-14(19)12-15-6-3-2-4-10-18(15)16-7-11-20-17(13-16)8-5-9-17/h14-16,19H,2-13H2,1H3. The topological polar surface area (TPSA) is 32.7 Å². The molecule has 3 unspecified atom stereocenters. The molecule has 2 heterocycles. The van der Waals surface area contributed by atoms with E-state index < -0.39 is 0 Å². The Morgan fingerprint density at radius 2 is 2.05 bits per heavy atom. The normalized spacial score (nSPS) is 36.3. The van der Waals surface area contributed by atoms with Crippen LogP contribution in [0.1, 0.15) is 71.1 Å². The van der Waals surface area contributed by atoms with Gasteiger partial charge in [0.2, 0.25) is 0 Å². The van der Waals surface area contributed by atoms with Gasteiger partial charge in [-0.1, -0.05) is 12.8 Å². The second kappa shape index (κ2) is 6.33. The molecule has 3 heteroatoms. The van der Waals surface area contributed by atoms with Gasteiger partial charge in [-0.25, -0.2) is 0 Å². The Bertz CT molecular complexity index is 314. The van der Waals surface area contributed by atoms with E-state index in [1.807, 2.05) is 6.92 Å². The van der Waals surface area contributed by atoms with E-state index in [0.29, 0.717) is 12.1 Å². The third-order valence-corrected chi connectivity index (χ3v) is 5.74. The molecule has 3 aliphatic rings. The molecule has 2 aliphatic heterocycles. The van der Waals surface area contributed by atoms with Crippen molar-refractivity contribution in [2.75, 3.05) is 13.2 Å². The van der Waals surface area contributed by atoms with Crippen LogP contribution in [-0.4, -0.2) is 46.9 Å². The van der Waals surface area contributed by atoms with E-state index in [9.17, 15) is 5.11 Å². The van der Waals surface area contributed by atoms with Gasteiger partial charge >= 0.3 is 0 Å². The van der Waals surface area contributed by atoms with Crippen LogP contribution < -0.4 is 0 Å². The molecule has 1 spiro atoms. The molecular formula is C17H31NO2. The zero-order chi connectivity index (χ0) is 14.0. The highest BCUT2D eigenvalue weighted by molar-refractivity contribution is 4.98. The molecule has 1 aliphatic carbocycles. The Balaban J connectivity index is 1.67.